The molecule has 1 heterocycles. The summed E-state index contributed by atoms with van der Waals surface area (Å²) in [5.74, 6) is -0.950. The van der Waals surface area contributed by atoms with E-state index in [1.165, 1.54) is 22.0 Å². The molecule has 0 spiro atoms. The Hall–Kier alpha value is -2.67. The molecule has 0 radical (unpaired) electrons. The normalized spacial score (nSPS) is 21.3. The van der Waals surface area contributed by atoms with Crippen molar-refractivity contribution in [3.8, 4) is 0 Å². The van der Waals surface area contributed by atoms with Gasteiger partial charge in [-0.3, -0.25) is 9.69 Å². The second-order valence-corrected chi connectivity index (χ2v) is 6.19. The second-order valence-electron chi connectivity index (χ2n) is 6.19. The van der Waals surface area contributed by atoms with Gasteiger partial charge in [-0.05, 0) is 25.8 Å². The van der Waals surface area contributed by atoms with Crippen molar-refractivity contribution in [1.29, 1.82) is 0 Å². The lowest BCUT2D eigenvalue weighted by molar-refractivity contribution is -0.137. The van der Waals surface area contributed by atoms with Gasteiger partial charge in [-0.15, -0.1) is 0 Å². The number of nitrogens with two attached hydrogens (primary N) is 1. The molecule has 3 amide bonds. The van der Waals surface area contributed by atoms with Gasteiger partial charge in [0.2, 0.25) is 5.91 Å². The number of imide groups is 1. The number of amides is 3. The van der Waals surface area contributed by atoms with E-state index >= 15 is 0 Å². The molecule has 7 heteroatoms. The van der Waals surface area contributed by atoms with Crippen LogP contribution in [-0.2, 0) is 14.3 Å². The van der Waals surface area contributed by atoms with Gasteiger partial charge in [0, 0.05) is 13.1 Å². The van der Waals surface area contributed by atoms with E-state index in [9.17, 15) is 14.4 Å². The lowest BCUT2D eigenvalue weighted by Gasteiger charge is -2.26. The van der Waals surface area contributed by atoms with Gasteiger partial charge >= 0.3 is 12.0 Å². The van der Waals surface area contributed by atoms with E-state index in [1.807, 2.05) is 37.3 Å². The van der Waals surface area contributed by atoms with Crippen LogP contribution in [0.1, 0.15) is 31.9 Å². The highest BCUT2D eigenvalue weighted by Gasteiger charge is 2.46. The molecule has 3 atom stereocenters. The number of carbonyl (C=O) groups excluding carboxylic acids is 3. The number of esters is 1. The van der Waals surface area contributed by atoms with Crippen LogP contribution < -0.4 is 5.73 Å². The summed E-state index contributed by atoms with van der Waals surface area (Å²) in [5, 5.41) is 0. The van der Waals surface area contributed by atoms with Crippen LogP contribution in [0.2, 0.25) is 0 Å². The molecule has 1 fully saturated rings. The molecule has 0 aliphatic carbocycles. The zero-order chi connectivity index (χ0) is 19.3. The van der Waals surface area contributed by atoms with Crippen molar-refractivity contribution in [3.63, 3.8) is 0 Å². The number of benzene rings is 1. The molecular formula is C19H25N3O4. The van der Waals surface area contributed by atoms with Crippen molar-refractivity contribution in [2.75, 3.05) is 13.7 Å². The van der Waals surface area contributed by atoms with Crippen molar-refractivity contribution in [2.45, 2.75) is 38.4 Å². The fourth-order valence-electron chi connectivity index (χ4n) is 2.98. The molecule has 1 aromatic rings. The van der Waals surface area contributed by atoms with Crippen LogP contribution in [0, 0.1) is 0 Å². The molecule has 2 N–H and O–H groups in total. The Labute approximate surface area is 153 Å². The lowest BCUT2D eigenvalue weighted by atomic mass is 9.99. The number of urea groups is 1. The summed E-state index contributed by atoms with van der Waals surface area (Å²) in [6, 6.07) is 7.53. The Morgan fingerprint density at radius 1 is 1.31 bits per heavy atom. The predicted molar refractivity (Wildman–Crippen MR) is 97.0 cm³/mol. The maximum absolute atomic E-state index is 12.8. The summed E-state index contributed by atoms with van der Waals surface area (Å²) in [5.41, 5.74) is 6.86. The van der Waals surface area contributed by atoms with Gasteiger partial charge in [0.25, 0.3) is 0 Å². The third-order valence-corrected chi connectivity index (χ3v) is 4.48. The van der Waals surface area contributed by atoms with Gasteiger partial charge < -0.3 is 15.4 Å². The molecule has 7 nitrogen and oxygen atoms in total. The molecule has 0 saturated carbocycles. The highest BCUT2D eigenvalue weighted by molar-refractivity contribution is 5.99. The standard InChI is InChI=1S/C19H25N3O4/c1-4-26-16(23)12-8-11-15(20)18(24)22-17(13(2)21(3)19(22)25)14-9-6-5-7-10-14/h5-10,12-13,15,17H,4,11,20H2,1-3H3/b12-8+/t13-,15-,17-/m0/s1. The smallest absolute Gasteiger partial charge is 0.330 e. The molecule has 0 bridgehead atoms. The minimum absolute atomic E-state index is 0.140. The van der Waals surface area contributed by atoms with E-state index in [2.05, 4.69) is 0 Å². The summed E-state index contributed by atoms with van der Waals surface area (Å²) in [6.07, 6.45) is 2.87. The molecule has 0 unspecified atom stereocenters. The van der Waals surface area contributed by atoms with Gasteiger partial charge in [0.15, 0.2) is 0 Å². The fraction of sp³-hybridized carbons (Fsp3) is 0.421. The first-order valence-electron chi connectivity index (χ1n) is 8.62. The molecular weight excluding hydrogens is 334 g/mol. The summed E-state index contributed by atoms with van der Waals surface area (Å²) in [6.45, 7) is 3.88. The van der Waals surface area contributed by atoms with E-state index in [0.717, 1.165) is 5.56 Å². The Kier molecular flexibility index (Phi) is 6.52. The third-order valence-electron chi connectivity index (χ3n) is 4.48. The molecule has 140 valence electrons. The number of carbonyl (C=O) groups is 3. The Balaban J connectivity index is 2.16. The summed E-state index contributed by atoms with van der Waals surface area (Å²) >= 11 is 0. The number of hydrogen-bond donors (Lipinski definition) is 1. The maximum atomic E-state index is 12.8. The first-order valence-corrected chi connectivity index (χ1v) is 8.62. The Morgan fingerprint density at radius 2 is 1.96 bits per heavy atom. The Bertz CT molecular complexity index is 689. The number of likely N-dealkylation sites (N-methyl/N-ethyl adjacent to an activating group) is 1. The first-order chi connectivity index (χ1) is 12.4. The Morgan fingerprint density at radius 3 is 2.58 bits per heavy atom. The number of ether oxygens (including phenoxy) is 1. The first kappa shape index (κ1) is 19.7. The molecule has 2 rings (SSSR count). The van der Waals surface area contributed by atoms with Crippen LogP contribution >= 0.6 is 0 Å². The molecule has 1 saturated heterocycles. The van der Waals surface area contributed by atoms with Gasteiger partial charge in [0.05, 0.1) is 24.7 Å². The number of nitrogens with zero attached hydrogens (tertiary/aromatic N) is 2. The quantitative estimate of drug-likeness (QED) is 0.618. The van der Waals surface area contributed by atoms with E-state index < -0.39 is 24.0 Å². The van der Waals surface area contributed by atoms with Crippen LogP contribution in [0.3, 0.4) is 0 Å². The minimum Gasteiger partial charge on any atom is -0.463 e. The fourth-order valence-corrected chi connectivity index (χ4v) is 2.98. The van der Waals surface area contributed by atoms with Crippen molar-refractivity contribution in [3.05, 3.63) is 48.0 Å². The highest BCUT2D eigenvalue weighted by atomic mass is 16.5. The summed E-state index contributed by atoms with van der Waals surface area (Å²) in [4.78, 5) is 39.5. The van der Waals surface area contributed by atoms with Crippen LogP contribution in [-0.4, -0.2) is 53.4 Å². The molecule has 1 aromatic carbocycles. The van der Waals surface area contributed by atoms with Crippen molar-refractivity contribution >= 4 is 17.9 Å². The van der Waals surface area contributed by atoms with Gasteiger partial charge in [0.1, 0.15) is 0 Å². The molecule has 0 aromatic heterocycles. The zero-order valence-corrected chi connectivity index (χ0v) is 15.3. The van der Waals surface area contributed by atoms with Crippen LogP contribution in [0.15, 0.2) is 42.5 Å². The lowest BCUT2D eigenvalue weighted by Crippen LogP contribution is -2.46. The third kappa shape index (κ3) is 4.11. The van der Waals surface area contributed by atoms with E-state index in [4.69, 9.17) is 10.5 Å². The highest BCUT2D eigenvalue weighted by Crippen LogP contribution is 2.34. The van der Waals surface area contributed by atoms with Crippen molar-refractivity contribution in [2.24, 2.45) is 5.73 Å². The molecule has 26 heavy (non-hydrogen) atoms. The van der Waals surface area contributed by atoms with E-state index in [1.54, 1.807) is 14.0 Å². The van der Waals surface area contributed by atoms with Crippen LogP contribution in [0.4, 0.5) is 4.79 Å². The summed E-state index contributed by atoms with van der Waals surface area (Å²) < 4.78 is 4.78. The van der Waals surface area contributed by atoms with E-state index in [0.29, 0.717) is 0 Å². The minimum atomic E-state index is -0.922. The van der Waals surface area contributed by atoms with Crippen LogP contribution in [0.5, 0.6) is 0 Å². The molecule has 1 aliphatic heterocycles. The SMILES string of the molecule is CCOC(=O)/C=C/C[C@H](N)C(=O)N1C(=O)N(C)[C@@H](C)[C@H]1c1ccccc1. The van der Waals surface area contributed by atoms with Crippen LogP contribution in [0.25, 0.3) is 0 Å². The van der Waals surface area contributed by atoms with Gasteiger partial charge in [-0.25, -0.2) is 9.59 Å². The average molecular weight is 359 g/mol. The van der Waals surface area contributed by atoms with E-state index in [-0.39, 0.29) is 25.1 Å². The monoisotopic (exact) mass is 359 g/mol. The zero-order valence-electron chi connectivity index (χ0n) is 15.3. The average Bonchev–Trinajstić information content (AvgIpc) is 2.86. The second kappa shape index (κ2) is 8.62. The van der Waals surface area contributed by atoms with Crippen molar-refractivity contribution < 1.29 is 19.1 Å². The van der Waals surface area contributed by atoms with Gasteiger partial charge in [-0.1, -0.05) is 36.4 Å². The van der Waals surface area contributed by atoms with Crippen molar-refractivity contribution in [1.82, 2.24) is 9.80 Å². The number of hydrogen-bond acceptors (Lipinski definition) is 5. The van der Waals surface area contributed by atoms with Gasteiger partial charge in [-0.2, -0.15) is 0 Å². The summed E-state index contributed by atoms with van der Waals surface area (Å²) in [7, 11) is 1.67. The number of rotatable bonds is 6. The largest absolute Gasteiger partial charge is 0.463 e. The topological polar surface area (TPSA) is 92.9 Å². The predicted octanol–water partition coefficient (Wildman–Crippen LogP) is 1.85. The maximum Gasteiger partial charge on any atom is 0.330 e. The molecule has 1 aliphatic rings.